The van der Waals surface area contributed by atoms with E-state index >= 15 is 0 Å². The largest absolute Gasteiger partial charge is 0.573 e. The maximum absolute atomic E-state index is 13.3. The lowest BCUT2D eigenvalue weighted by atomic mass is 9.99. The van der Waals surface area contributed by atoms with Crippen molar-refractivity contribution in [1.82, 2.24) is 20.1 Å². The van der Waals surface area contributed by atoms with Crippen LogP contribution in [0.5, 0.6) is 11.5 Å². The fourth-order valence-electron chi connectivity index (χ4n) is 5.36. The quantitative estimate of drug-likeness (QED) is 0.191. The number of nitrogens with zero attached hydrogens (tertiary/aromatic N) is 5. The first-order valence-corrected chi connectivity index (χ1v) is 16.3. The zero-order valence-electron chi connectivity index (χ0n) is 26.8. The number of aromatic nitrogens is 3. The van der Waals surface area contributed by atoms with Gasteiger partial charge in [-0.1, -0.05) is 62.9 Å². The minimum atomic E-state index is -4.76. The third-order valence-corrected chi connectivity index (χ3v) is 8.82. The van der Waals surface area contributed by atoms with E-state index in [9.17, 15) is 18.0 Å². The van der Waals surface area contributed by atoms with E-state index in [1.807, 2.05) is 43.3 Å². The van der Waals surface area contributed by atoms with Gasteiger partial charge in [-0.05, 0) is 67.1 Å². The standard InChI is InChI=1S/C34H37F3N6O3S/c1-6-29(39-32(44)40-33-43(22(4)17-18-47-33)30-19-27(45-5)15-16-28(30)21(2)3)23-7-9-24(10-8-23)31-38-20-42(41-31)25-11-13-26(14-12-25)46-34(35,36)37/h7-16,19-22,29H,6,17-18H2,1-5H3,(H,39,44)/b40-33-. The highest BCUT2D eigenvalue weighted by molar-refractivity contribution is 8.14. The summed E-state index contributed by atoms with van der Waals surface area (Å²) in [5.74, 6) is 2.02. The van der Waals surface area contributed by atoms with Crippen LogP contribution >= 0.6 is 11.8 Å². The summed E-state index contributed by atoms with van der Waals surface area (Å²) in [6.07, 6.45) is -1.66. The molecule has 13 heteroatoms. The summed E-state index contributed by atoms with van der Waals surface area (Å²) in [6.45, 7) is 8.44. The number of alkyl halides is 3. The number of amides is 2. The number of amidine groups is 1. The van der Waals surface area contributed by atoms with Crippen LogP contribution in [-0.4, -0.2) is 51.2 Å². The van der Waals surface area contributed by atoms with Crippen molar-refractivity contribution in [2.24, 2.45) is 4.99 Å². The van der Waals surface area contributed by atoms with E-state index in [0.29, 0.717) is 23.1 Å². The number of halogens is 3. The third-order valence-electron chi connectivity index (χ3n) is 7.83. The molecule has 9 nitrogen and oxygen atoms in total. The highest BCUT2D eigenvalue weighted by Crippen LogP contribution is 2.37. The topological polar surface area (TPSA) is 93.9 Å². The molecule has 0 radical (unpaired) electrons. The minimum absolute atomic E-state index is 0.154. The molecule has 2 amide bonds. The summed E-state index contributed by atoms with van der Waals surface area (Å²) < 4.78 is 48.3. The van der Waals surface area contributed by atoms with Crippen molar-refractivity contribution in [3.63, 3.8) is 0 Å². The summed E-state index contributed by atoms with van der Waals surface area (Å²) in [5.41, 5.74) is 4.33. The monoisotopic (exact) mass is 666 g/mol. The Morgan fingerprint density at radius 2 is 1.79 bits per heavy atom. The number of carbonyl (C=O) groups is 1. The lowest BCUT2D eigenvalue weighted by Gasteiger charge is -2.37. The Hall–Kier alpha value is -4.52. The summed E-state index contributed by atoms with van der Waals surface area (Å²) in [6, 6.07) is 18.4. The predicted octanol–water partition coefficient (Wildman–Crippen LogP) is 8.51. The van der Waals surface area contributed by atoms with Crippen LogP contribution in [0.25, 0.3) is 17.1 Å². The molecule has 248 valence electrons. The van der Waals surface area contributed by atoms with Gasteiger partial charge in [-0.3, -0.25) is 0 Å². The Balaban J connectivity index is 1.30. The van der Waals surface area contributed by atoms with Gasteiger partial charge in [-0.2, -0.15) is 4.99 Å². The molecule has 1 aliphatic heterocycles. The van der Waals surface area contributed by atoms with Gasteiger partial charge in [0.25, 0.3) is 0 Å². The van der Waals surface area contributed by atoms with Crippen LogP contribution in [0.3, 0.4) is 0 Å². The van der Waals surface area contributed by atoms with Gasteiger partial charge in [0, 0.05) is 23.4 Å². The van der Waals surface area contributed by atoms with Gasteiger partial charge >= 0.3 is 12.4 Å². The molecule has 3 aromatic carbocycles. The van der Waals surface area contributed by atoms with Crippen LogP contribution < -0.4 is 19.7 Å². The number of ether oxygens (including phenoxy) is 2. The molecule has 1 N–H and O–H groups in total. The molecule has 4 aromatic rings. The van der Waals surface area contributed by atoms with Gasteiger partial charge in [0.15, 0.2) is 11.0 Å². The number of methoxy groups -OCH3 is 1. The number of anilines is 1. The SMILES string of the molecule is CCC(NC(=O)/N=C1\SCCC(C)N1c1cc(OC)ccc1C(C)C)c1ccc(-c2ncn(-c3ccc(OC(F)(F)F)cc3)n2)cc1. The van der Waals surface area contributed by atoms with Gasteiger partial charge in [-0.15, -0.1) is 18.3 Å². The molecule has 0 saturated carbocycles. The number of urea groups is 1. The van der Waals surface area contributed by atoms with Crippen LogP contribution in [0.2, 0.25) is 0 Å². The lowest BCUT2D eigenvalue weighted by Crippen LogP contribution is -2.43. The van der Waals surface area contributed by atoms with E-state index in [1.54, 1.807) is 18.9 Å². The number of hydrogen-bond acceptors (Lipinski definition) is 6. The average molecular weight is 667 g/mol. The highest BCUT2D eigenvalue weighted by atomic mass is 32.2. The van der Waals surface area contributed by atoms with Crippen molar-refractivity contribution >= 4 is 28.6 Å². The first kappa shape index (κ1) is 33.8. The Labute approximate surface area is 276 Å². The maximum atomic E-state index is 13.3. The van der Waals surface area contributed by atoms with Gasteiger partial charge in [-0.25, -0.2) is 14.5 Å². The second kappa shape index (κ2) is 14.5. The minimum Gasteiger partial charge on any atom is -0.497 e. The second-order valence-electron chi connectivity index (χ2n) is 11.4. The van der Waals surface area contributed by atoms with E-state index in [0.717, 1.165) is 40.3 Å². The number of carbonyl (C=O) groups excluding carboxylic acids is 1. The smallest absolute Gasteiger partial charge is 0.497 e. The molecule has 0 aliphatic carbocycles. The molecule has 1 fully saturated rings. The van der Waals surface area contributed by atoms with Gasteiger partial charge in [0.1, 0.15) is 17.8 Å². The number of thioether (sulfide) groups is 1. The maximum Gasteiger partial charge on any atom is 0.573 e. The van der Waals surface area contributed by atoms with Crippen LogP contribution in [0.15, 0.2) is 78.0 Å². The van der Waals surface area contributed by atoms with Gasteiger partial charge < -0.3 is 19.7 Å². The first-order chi connectivity index (χ1) is 22.5. The zero-order chi connectivity index (χ0) is 33.7. The van der Waals surface area contributed by atoms with Crippen molar-refractivity contribution in [3.8, 4) is 28.6 Å². The Morgan fingerprint density at radius 1 is 1.09 bits per heavy atom. The molecule has 1 aliphatic rings. The number of aliphatic imine (C=N–C) groups is 1. The van der Waals surface area contributed by atoms with Crippen LogP contribution in [0, 0.1) is 0 Å². The van der Waals surface area contributed by atoms with Crippen molar-refractivity contribution in [1.29, 1.82) is 0 Å². The summed E-state index contributed by atoms with van der Waals surface area (Å²) in [4.78, 5) is 24.4. The molecule has 2 heterocycles. The van der Waals surface area contributed by atoms with Gasteiger partial charge in [0.05, 0.1) is 24.5 Å². The van der Waals surface area contributed by atoms with Crippen molar-refractivity contribution in [2.75, 3.05) is 17.8 Å². The third kappa shape index (κ3) is 8.26. The fourth-order valence-corrected chi connectivity index (χ4v) is 6.56. The van der Waals surface area contributed by atoms with Gasteiger partial charge in [0.2, 0.25) is 0 Å². The molecule has 5 rings (SSSR count). The Kier molecular flexibility index (Phi) is 10.4. The van der Waals surface area contributed by atoms with E-state index in [-0.39, 0.29) is 23.8 Å². The summed E-state index contributed by atoms with van der Waals surface area (Å²) in [7, 11) is 1.65. The molecule has 0 bridgehead atoms. The first-order valence-electron chi connectivity index (χ1n) is 15.3. The Bertz CT molecular complexity index is 1710. The summed E-state index contributed by atoms with van der Waals surface area (Å²) in [5, 5.41) is 8.20. The van der Waals surface area contributed by atoms with E-state index in [2.05, 4.69) is 56.9 Å². The van der Waals surface area contributed by atoms with Crippen LogP contribution in [-0.2, 0) is 0 Å². The van der Waals surface area contributed by atoms with Crippen molar-refractivity contribution in [3.05, 3.63) is 84.2 Å². The molecule has 47 heavy (non-hydrogen) atoms. The molecule has 0 spiro atoms. The summed E-state index contributed by atoms with van der Waals surface area (Å²) >= 11 is 1.57. The molecule has 1 aromatic heterocycles. The van der Waals surface area contributed by atoms with E-state index in [4.69, 9.17) is 4.74 Å². The highest BCUT2D eigenvalue weighted by Gasteiger charge is 2.31. The molecule has 2 atom stereocenters. The molecule has 1 saturated heterocycles. The Morgan fingerprint density at radius 3 is 2.43 bits per heavy atom. The number of rotatable bonds is 9. The zero-order valence-corrected chi connectivity index (χ0v) is 27.6. The van der Waals surface area contributed by atoms with Crippen molar-refractivity contribution < 1.29 is 27.4 Å². The number of nitrogens with one attached hydrogen (secondary N) is 1. The van der Waals surface area contributed by atoms with Crippen molar-refractivity contribution in [2.45, 2.75) is 64.9 Å². The van der Waals surface area contributed by atoms with E-state index < -0.39 is 12.4 Å². The van der Waals surface area contributed by atoms with E-state index in [1.165, 1.54) is 35.3 Å². The fraction of sp³-hybridized carbons (Fsp3) is 0.353. The number of benzene rings is 3. The molecular weight excluding hydrogens is 629 g/mol. The average Bonchev–Trinajstić information content (AvgIpc) is 3.53. The predicted molar refractivity (Wildman–Crippen MR) is 179 cm³/mol. The second-order valence-corrected chi connectivity index (χ2v) is 12.5. The van der Waals surface area contributed by atoms with Crippen LogP contribution in [0.4, 0.5) is 23.7 Å². The number of hydrogen-bond donors (Lipinski definition) is 1. The van der Waals surface area contributed by atoms with Crippen LogP contribution in [0.1, 0.15) is 63.6 Å². The lowest BCUT2D eigenvalue weighted by molar-refractivity contribution is -0.274. The normalized spacial score (nSPS) is 16.7. The molecule has 2 unspecified atom stereocenters. The molecular formula is C34H37F3N6O3S.